The fraction of sp³-hybridized carbons (Fsp3) is 0. The molecule has 0 aliphatic heterocycles. The maximum atomic E-state index is 6.56. The molecular weight excluding hydrogens is 627 g/mol. The lowest BCUT2D eigenvalue weighted by Crippen LogP contribution is -2.12. The van der Waals surface area contributed by atoms with Crippen LogP contribution in [0.15, 0.2) is 185 Å². The Labute approximate surface area is 293 Å². The number of fused-ring (bicyclic) bond motifs is 5. The van der Waals surface area contributed by atoms with E-state index in [4.69, 9.17) is 18.8 Å². The van der Waals surface area contributed by atoms with Gasteiger partial charge in [0, 0.05) is 33.7 Å². The minimum absolute atomic E-state index is 0.572. The van der Waals surface area contributed by atoms with Gasteiger partial charge in [-0.2, -0.15) is 0 Å². The molecule has 0 radical (unpaired) electrons. The summed E-state index contributed by atoms with van der Waals surface area (Å²) in [5, 5.41) is 4.35. The zero-order chi connectivity index (χ0) is 33.7. The van der Waals surface area contributed by atoms with Crippen LogP contribution >= 0.6 is 0 Å². The molecule has 0 aliphatic carbocycles. The summed E-state index contributed by atoms with van der Waals surface area (Å²) in [4.78, 5) is 12.3. The predicted molar refractivity (Wildman–Crippen MR) is 208 cm³/mol. The third kappa shape index (κ3) is 5.11. The van der Waals surface area contributed by atoms with Crippen molar-refractivity contribution in [3.63, 3.8) is 0 Å². The molecule has 51 heavy (non-hydrogen) atoms. The molecule has 0 amide bonds. The highest BCUT2D eigenvalue weighted by molar-refractivity contribution is 6.12. The number of hydrogen-bond acceptors (Lipinski definition) is 5. The number of hydrogen-bond donors (Lipinski definition) is 0. The number of anilines is 3. The summed E-state index contributed by atoms with van der Waals surface area (Å²) < 4.78 is 12.8. The van der Waals surface area contributed by atoms with Crippen LogP contribution in [0.3, 0.4) is 0 Å². The number of aromatic nitrogens is 2. The highest BCUT2D eigenvalue weighted by Crippen LogP contribution is 2.42. The molecule has 0 aliphatic rings. The van der Waals surface area contributed by atoms with Crippen LogP contribution in [0, 0.1) is 0 Å². The normalized spacial score (nSPS) is 11.5. The fourth-order valence-electron chi connectivity index (χ4n) is 7.05. The number of pyridine rings is 1. The van der Waals surface area contributed by atoms with Crippen molar-refractivity contribution in [3.05, 3.63) is 176 Å². The smallest absolute Gasteiger partial charge is 0.228 e. The van der Waals surface area contributed by atoms with E-state index in [9.17, 15) is 0 Å². The van der Waals surface area contributed by atoms with Crippen LogP contribution in [-0.2, 0) is 0 Å². The van der Waals surface area contributed by atoms with Crippen molar-refractivity contribution in [2.24, 2.45) is 0 Å². The van der Waals surface area contributed by atoms with Crippen molar-refractivity contribution in [1.82, 2.24) is 9.97 Å². The first-order chi connectivity index (χ1) is 25.2. The Morgan fingerprint density at radius 1 is 0.431 bits per heavy atom. The lowest BCUT2D eigenvalue weighted by molar-refractivity contribution is 0.620. The van der Waals surface area contributed by atoms with E-state index >= 15 is 0 Å². The van der Waals surface area contributed by atoms with Gasteiger partial charge in [0.15, 0.2) is 5.58 Å². The molecule has 0 unspecified atom stereocenters. The second-order valence-electron chi connectivity index (χ2n) is 12.6. The van der Waals surface area contributed by atoms with Crippen LogP contribution < -0.4 is 4.90 Å². The van der Waals surface area contributed by atoms with Crippen LogP contribution in [0.5, 0.6) is 0 Å². The first-order valence-corrected chi connectivity index (χ1v) is 17.0. The second kappa shape index (κ2) is 11.9. The standard InChI is InChI=1S/C46H29N3O2/c1-2-11-30(12-3-1)33-15-8-16-35(28-33)49(44-22-10-19-39(47-44)34-24-23-31-13-4-5-14-32(31)27-34)36-25-26-37-43(29-36)50-42-21-9-17-38(45(37)42)46-48-40-18-6-7-20-41(40)51-46/h1-29H. The zero-order valence-electron chi connectivity index (χ0n) is 27.4. The van der Waals surface area contributed by atoms with Crippen LogP contribution in [0.25, 0.3) is 77.6 Å². The fourth-order valence-corrected chi connectivity index (χ4v) is 7.05. The second-order valence-corrected chi connectivity index (χ2v) is 12.6. The molecule has 7 aromatic carbocycles. The van der Waals surface area contributed by atoms with Gasteiger partial charge in [-0.25, -0.2) is 9.97 Å². The summed E-state index contributed by atoms with van der Waals surface area (Å²) in [5.41, 5.74) is 10.2. The molecule has 240 valence electrons. The van der Waals surface area contributed by atoms with Crippen molar-refractivity contribution in [2.45, 2.75) is 0 Å². The van der Waals surface area contributed by atoms with E-state index in [-0.39, 0.29) is 0 Å². The van der Waals surface area contributed by atoms with Gasteiger partial charge in [-0.1, -0.05) is 103 Å². The Morgan fingerprint density at radius 3 is 2.12 bits per heavy atom. The molecule has 10 aromatic rings. The van der Waals surface area contributed by atoms with Gasteiger partial charge in [-0.05, 0) is 88.6 Å². The molecule has 3 heterocycles. The summed E-state index contributed by atoms with van der Waals surface area (Å²) in [7, 11) is 0. The molecule has 0 bridgehead atoms. The molecule has 0 saturated carbocycles. The van der Waals surface area contributed by atoms with E-state index in [1.807, 2.05) is 48.5 Å². The van der Waals surface area contributed by atoms with Crippen LogP contribution in [0.2, 0.25) is 0 Å². The Hall–Kier alpha value is -6.98. The molecule has 5 heteroatoms. The van der Waals surface area contributed by atoms with Gasteiger partial charge in [0.05, 0.1) is 11.4 Å². The number of benzene rings is 7. The van der Waals surface area contributed by atoms with E-state index in [2.05, 4.69) is 132 Å². The van der Waals surface area contributed by atoms with E-state index < -0.39 is 0 Å². The first-order valence-electron chi connectivity index (χ1n) is 17.0. The van der Waals surface area contributed by atoms with E-state index in [0.717, 1.165) is 78.2 Å². The van der Waals surface area contributed by atoms with Gasteiger partial charge in [0.2, 0.25) is 5.89 Å². The number of para-hydroxylation sites is 2. The summed E-state index contributed by atoms with van der Waals surface area (Å²) >= 11 is 0. The predicted octanol–water partition coefficient (Wildman–Crippen LogP) is 12.7. The van der Waals surface area contributed by atoms with Gasteiger partial charge in [0.1, 0.15) is 22.5 Å². The Morgan fingerprint density at radius 2 is 1.20 bits per heavy atom. The van der Waals surface area contributed by atoms with Crippen molar-refractivity contribution in [3.8, 4) is 33.8 Å². The molecule has 3 aromatic heterocycles. The average Bonchev–Trinajstić information content (AvgIpc) is 3.80. The third-order valence-corrected chi connectivity index (χ3v) is 9.48. The zero-order valence-corrected chi connectivity index (χ0v) is 27.4. The van der Waals surface area contributed by atoms with Crippen molar-refractivity contribution in [1.29, 1.82) is 0 Å². The van der Waals surface area contributed by atoms with Crippen molar-refractivity contribution in [2.75, 3.05) is 4.90 Å². The topological polar surface area (TPSA) is 55.3 Å². The average molecular weight is 656 g/mol. The minimum atomic E-state index is 0.572. The summed E-state index contributed by atoms with van der Waals surface area (Å²) in [5.74, 6) is 1.37. The third-order valence-electron chi connectivity index (χ3n) is 9.48. The van der Waals surface area contributed by atoms with Crippen molar-refractivity contribution < 1.29 is 8.83 Å². The van der Waals surface area contributed by atoms with Gasteiger partial charge >= 0.3 is 0 Å². The lowest BCUT2D eigenvalue weighted by atomic mass is 10.0. The first kappa shape index (κ1) is 29.0. The molecular formula is C46H29N3O2. The number of oxazole rings is 1. The maximum Gasteiger partial charge on any atom is 0.228 e. The van der Waals surface area contributed by atoms with Gasteiger partial charge < -0.3 is 8.83 Å². The van der Waals surface area contributed by atoms with Crippen LogP contribution in [0.4, 0.5) is 17.2 Å². The van der Waals surface area contributed by atoms with Gasteiger partial charge in [0.25, 0.3) is 0 Å². The SMILES string of the molecule is c1ccc(-c2cccc(N(c3ccc4c(c3)oc3cccc(-c5nc6ccccc6o5)c34)c3cccc(-c4ccc5ccccc5c4)n3)c2)cc1. The molecule has 0 N–H and O–H groups in total. The van der Waals surface area contributed by atoms with Gasteiger partial charge in [-0.3, -0.25) is 4.90 Å². The number of nitrogens with zero attached hydrogens (tertiary/aromatic N) is 3. The molecule has 0 saturated heterocycles. The summed E-state index contributed by atoms with van der Waals surface area (Å²) in [6.45, 7) is 0. The number of rotatable bonds is 6. The quantitative estimate of drug-likeness (QED) is 0.178. The Bertz CT molecular complexity index is 2860. The van der Waals surface area contributed by atoms with E-state index in [1.165, 1.54) is 10.8 Å². The number of furan rings is 1. The van der Waals surface area contributed by atoms with Crippen molar-refractivity contribution >= 4 is 61.0 Å². The van der Waals surface area contributed by atoms with Crippen LogP contribution in [-0.4, -0.2) is 9.97 Å². The minimum Gasteiger partial charge on any atom is -0.456 e. The van der Waals surface area contributed by atoms with Crippen LogP contribution in [0.1, 0.15) is 0 Å². The molecule has 5 nitrogen and oxygen atoms in total. The monoisotopic (exact) mass is 655 g/mol. The molecule has 0 fully saturated rings. The lowest BCUT2D eigenvalue weighted by Gasteiger charge is -2.25. The summed E-state index contributed by atoms with van der Waals surface area (Å²) in [6.07, 6.45) is 0. The highest BCUT2D eigenvalue weighted by atomic mass is 16.3. The largest absolute Gasteiger partial charge is 0.456 e. The summed E-state index contributed by atoms with van der Waals surface area (Å²) in [6, 6.07) is 60.4. The molecule has 0 atom stereocenters. The van der Waals surface area contributed by atoms with Gasteiger partial charge in [-0.15, -0.1) is 0 Å². The Kier molecular flexibility index (Phi) is 6.74. The molecule has 10 rings (SSSR count). The van der Waals surface area contributed by atoms with E-state index in [0.29, 0.717) is 5.89 Å². The highest BCUT2D eigenvalue weighted by Gasteiger charge is 2.20. The Balaban J connectivity index is 1.14. The maximum absolute atomic E-state index is 6.56. The van der Waals surface area contributed by atoms with E-state index in [1.54, 1.807) is 0 Å². The molecule has 0 spiro atoms.